The van der Waals surface area contributed by atoms with Gasteiger partial charge in [-0.25, -0.2) is 9.78 Å². The number of hydrogen-bond donors (Lipinski definition) is 1. The van der Waals surface area contributed by atoms with Crippen LogP contribution in [-0.4, -0.2) is 30.2 Å². The predicted octanol–water partition coefficient (Wildman–Crippen LogP) is -0.142. The van der Waals surface area contributed by atoms with E-state index in [-0.39, 0.29) is 17.1 Å². The fourth-order valence-electron chi connectivity index (χ4n) is 2.00. The van der Waals surface area contributed by atoms with Gasteiger partial charge in [0.15, 0.2) is 10.9 Å². The van der Waals surface area contributed by atoms with Gasteiger partial charge in [-0.1, -0.05) is 11.8 Å². The molecule has 0 atom stereocenters. The van der Waals surface area contributed by atoms with Crippen LogP contribution in [0.15, 0.2) is 27.1 Å². The number of nitrogens with two attached hydrogens (primary N) is 1. The molecule has 0 aromatic carbocycles. The first-order valence-corrected chi connectivity index (χ1v) is 7.59. The van der Waals surface area contributed by atoms with Gasteiger partial charge in [-0.3, -0.25) is 18.7 Å². The van der Waals surface area contributed by atoms with Crippen LogP contribution in [0.5, 0.6) is 0 Å². The number of rotatable bonds is 5. The van der Waals surface area contributed by atoms with Crippen molar-refractivity contribution in [1.82, 2.24) is 18.7 Å². The van der Waals surface area contributed by atoms with Crippen molar-refractivity contribution in [2.75, 3.05) is 11.5 Å². The molecule has 0 aliphatic heterocycles. The van der Waals surface area contributed by atoms with E-state index in [4.69, 9.17) is 5.73 Å². The van der Waals surface area contributed by atoms with Gasteiger partial charge < -0.3 is 10.3 Å². The monoisotopic (exact) mass is 323 g/mol. The molecule has 0 amide bonds. The second-order valence-corrected chi connectivity index (χ2v) is 5.62. The van der Waals surface area contributed by atoms with Gasteiger partial charge in [0.05, 0.1) is 5.75 Å². The number of hydrogen-bond acceptors (Lipinski definition) is 6. The third kappa shape index (κ3) is 2.71. The molecule has 0 radical (unpaired) electrons. The maximum Gasteiger partial charge on any atom is 0.332 e. The van der Waals surface area contributed by atoms with Crippen LogP contribution in [0.3, 0.4) is 0 Å². The highest BCUT2D eigenvalue weighted by atomic mass is 32.2. The Morgan fingerprint density at radius 1 is 1.32 bits per heavy atom. The molecule has 118 valence electrons. The average Bonchev–Trinajstić information content (AvgIpc) is 2.96. The number of carbonyl (C=O) groups excluding carboxylic acids is 1. The lowest BCUT2D eigenvalue weighted by Gasteiger charge is -2.10. The van der Waals surface area contributed by atoms with Crippen LogP contribution in [0.4, 0.5) is 5.82 Å². The van der Waals surface area contributed by atoms with Crippen LogP contribution in [0.2, 0.25) is 0 Å². The molecule has 9 heteroatoms. The zero-order valence-electron chi connectivity index (χ0n) is 12.6. The summed E-state index contributed by atoms with van der Waals surface area (Å²) >= 11 is 1.23. The zero-order chi connectivity index (χ0) is 16.4. The molecule has 0 fully saturated rings. The van der Waals surface area contributed by atoms with Crippen molar-refractivity contribution in [2.24, 2.45) is 14.1 Å². The van der Waals surface area contributed by atoms with Crippen molar-refractivity contribution in [1.29, 1.82) is 0 Å². The number of nitrogens with zero attached hydrogens (tertiary/aromatic N) is 4. The van der Waals surface area contributed by atoms with Crippen molar-refractivity contribution >= 4 is 23.4 Å². The molecule has 0 bridgehead atoms. The highest BCUT2D eigenvalue weighted by molar-refractivity contribution is 7.99. The first-order valence-electron chi connectivity index (χ1n) is 6.61. The Balaban J connectivity index is 2.31. The van der Waals surface area contributed by atoms with Crippen LogP contribution < -0.4 is 17.0 Å². The van der Waals surface area contributed by atoms with Gasteiger partial charge in [-0.05, 0) is 6.92 Å². The predicted molar refractivity (Wildman–Crippen MR) is 84.3 cm³/mol. The Labute approximate surface area is 130 Å². The number of anilines is 1. The summed E-state index contributed by atoms with van der Waals surface area (Å²) < 4.78 is 3.85. The summed E-state index contributed by atoms with van der Waals surface area (Å²) in [5, 5.41) is 0.691. The summed E-state index contributed by atoms with van der Waals surface area (Å²) in [4.78, 5) is 40.3. The normalized spacial score (nSPS) is 10.9. The van der Waals surface area contributed by atoms with Gasteiger partial charge in [0.25, 0.3) is 5.56 Å². The number of carbonyl (C=O) groups is 1. The van der Waals surface area contributed by atoms with Gasteiger partial charge >= 0.3 is 5.69 Å². The minimum Gasteiger partial charge on any atom is -0.384 e. The summed E-state index contributed by atoms with van der Waals surface area (Å²) in [6.45, 7) is 2.70. The van der Waals surface area contributed by atoms with E-state index in [9.17, 15) is 14.4 Å². The van der Waals surface area contributed by atoms with Gasteiger partial charge in [0, 0.05) is 33.0 Å². The SMILES string of the molecule is CCn1ccnc1SCC(=O)c1c(N)n(C)c(=O)n(C)c1=O. The highest BCUT2D eigenvalue weighted by Gasteiger charge is 2.20. The van der Waals surface area contributed by atoms with Crippen LogP contribution in [0, 0.1) is 0 Å². The van der Waals surface area contributed by atoms with E-state index in [1.165, 1.54) is 25.9 Å². The maximum atomic E-state index is 12.3. The van der Waals surface area contributed by atoms with Crippen LogP contribution >= 0.6 is 11.8 Å². The van der Waals surface area contributed by atoms with E-state index in [0.717, 1.165) is 15.7 Å². The second-order valence-electron chi connectivity index (χ2n) is 4.67. The van der Waals surface area contributed by atoms with E-state index < -0.39 is 17.0 Å². The van der Waals surface area contributed by atoms with Gasteiger partial charge in [-0.15, -0.1) is 0 Å². The number of ketones is 1. The van der Waals surface area contributed by atoms with Crippen molar-refractivity contribution in [3.63, 3.8) is 0 Å². The molecule has 0 unspecified atom stereocenters. The first-order chi connectivity index (χ1) is 10.4. The molecule has 2 heterocycles. The summed E-state index contributed by atoms with van der Waals surface area (Å²) in [5.41, 5.74) is 4.36. The highest BCUT2D eigenvalue weighted by Crippen LogP contribution is 2.17. The maximum absolute atomic E-state index is 12.3. The van der Waals surface area contributed by atoms with Crippen LogP contribution in [0.25, 0.3) is 0 Å². The second kappa shape index (κ2) is 6.22. The van der Waals surface area contributed by atoms with Crippen molar-refractivity contribution < 1.29 is 4.79 Å². The van der Waals surface area contributed by atoms with Crippen molar-refractivity contribution in [3.05, 3.63) is 38.8 Å². The fourth-order valence-corrected chi connectivity index (χ4v) is 2.90. The first kappa shape index (κ1) is 16.1. The number of aromatic nitrogens is 4. The molecule has 2 rings (SSSR count). The lowest BCUT2D eigenvalue weighted by atomic mass is 10.2. The zero-order valence-corrected chi connectivity index (χ0v) is 13.4. The van der Waals surface area contributed by atoms with Crippen molar-refractivity contribution in [3.8, 4) is 0 Å². The summed E-state index contributed by atoms with van der Waals surface area (Å²) in [5.74, 6) is -0.517. The molecule has 2 N–H and O–H groups in total. The van der Waals surface area contributed by atoms with E-state index in [1.807, 2.05) is 17.7 Å². The Bertz CT molecular complexity index is 833. The number of nitrogen functional groups attached to an aromatic ring is 1. The molecule has 0 spiro atoms. The quantitative estimate of drug-likeness (QED) is 0.606. The van der Waals surface area contributed by atoms with E-state index in [0.29, 0.717) is 5.16 Å². The molecule has 22 heavy (non-hydrogen) atoms. The lowest BCUT2D eigenvalue weighted by Crippen LogP contribution is -2.41. The summed E-state index contributed by atoms with van der Waals surface area (Å²) in [6.07, 6.45) is 3.46. The third-order valence-corrected chi connectivity index (χ3v) is 4.34. The third-order valence-electron chi connectivity index (χ3n) is 3.34. The molecule has 2 aromatic heterocycles. The van der Waals surface area contributed by atoms with Crippen LogP contribution in [0.1, 0.15) is 17.3 Å². The minimum atomic E-state index is -0.676. The number of thioether (sulfide) groups is 1. The molecule has 2 aromatic rings. The Morgan fingerprint density at radius 3 is 2.64 bits per heavy atom. The average molecular weight is 323 g/mol. The van der Waals surface area contributed by atoms with E-state index >= 15 is 0 Å². The van der Waals surface area contributed by atoms with Crippen molar-refractivity contribution in [2.45, 2.75) is 18.6 Å². The van der Waals surface area contributed by atoms with Gasteiger partial charge in [-0.2, -0.15) is 0 Å². The van der Waals surface area contributed by atoms with E-state index in [2.05, 4.69) is 4.98 Å². The standard InChI is InChI=1S/C13H17N5O3S/c1-4-18-6-5-15-12(18)22-7-8(19)9-10(14)16(2)13(21)17(3)11(9)20/h5-6H,4,7,14H2,1-3H3. The topological polar surface area (TPSA) is 105 Å². The number of aryl methyl sites for hydroxylation is 1. The Kier molecular flexibility index (Phi) is 4.55. The number of Topliss-reactive ketones (excluding diaryl/α,β-unsaturated/α-hetero) is 1. The van der Waals surface area contributed by atoms with Gasteiger partial charge in [0.1, 0.15) is 11.4 Å². The van der Waals surface area contributed by atoms with Crippen LogP contribution in [-0.2, 0) is 20.6 Å². The summed E-state index contributed by atoms with van der Waals surface area (Å²) in [7, 11) is 2.74. The van der Waals surface area contributed by atoms with Gasteiger partial charge in [0.2, 0.25) is 0 Å². The summed E-state index contributed by atoms with van der Waals surface area (Å²) in [6, 6.07) is 0. The molecule has 8 nitrogen and oxygen atoms in total. The smallest absolute Gasteiger partial charge is 0.332 e. The molecular weight excluding hydrogens is 306 g/mol. The Hall–Kier alpha value is -2.29. The molecular formula is C13H17N5O3S. The molecule has 0 saturated heterocycles. The van der Waals surface area contributed by atoms with E-state index in [1.54, 1.807) is 6.20 Å². The minimum absolute atomic E-state index is 0.0225. The molecule has 0 aliphatic rings. The number of imidazole rings is 1. The largest absolute Gasteiger partial charge is 0.384 e. The molecule has 0 aliphatic carbocycles. The fraction of sp³-hybridized carbons (Fsp3) is 0.385. The lowest BCUT2D eigenvalue weighted by molar-refractivity contribution is 0.102. The Morgan fingerprint density at radius 2 is 2.00 bits per heavy atom. The molecule has 0 saturated carbocycles.